The lowest BCUT2D eigenvalue weighted by Crippen LogP contribution is -2.48. The van der Waals surface area contributed by atoms with Gasteiger partial charge in [-0.05, 0) is 25.2 Å². The van der Waals surface area contributed by atoms with Crippen molar-refractivity contribution in [2.45, 2.75) is 44.2 Å². The third-order valence-electron chi connectivity index (χ3n) is 3.10. The van der Waals surface area contributed by atoms with Crippen molar-refractivity contribution < 1.29 is 5.11 Å². The Kier molecular flexibility index (Phi) is 2.14. The van der Waals surface area contributed by atoms with Crippen LogP contribution in [0.5, 0.6) is 0 Å². The molecule has 2 heteroatoms. The van der Waals surface area contributed by atoms with E-state index in [1.165, 1.54) is 25.7 Å². The molecular weight excluding hydrogens is 138 g/mol. The first-order chi connectivity index (χ1) is 5.36. The molecule has 0 aromatic rings. The molecule has 3 atom stereocenters. The van der Waals surface area contributed by atoms with Crippen LogP contribution in [-0.2, 0) is 0 Å². The molecule has 0 radical (unpaired) electrons. The van der Waals surface area contributed by atoms with Crippen LogP contribution < -0.4 is 5.32 Å². The average Bonchev–Trinajstić information content (AvgIpc) is 2.04. The number of hydrogen-bond acceptors (Lipinski definition) is 2. The van der Waals surface area contributed by atoms with Crippen LogP contribution in [0.1, 0.15) is 32.1 Å². The minimum Gasteiger partial charge on any atom is -0.392 e. The predicted octanol–water partition coefficient (Wildman–Crippen LogP) is 0.899. The summed E-state index contributed by atoms with van der Waals surface area (Å²) >= 11 is 0. The van der Waals surface area contributed by atoms with E-state index < -0.39 is 0 Å². The number of nitrogens with one attached hydrogen (secondary N) is 1. The number of aliphatic hydroxyl groups excluding tert-OH is 1. The first kappa shape index (κ1) is 7.56. The predicted molar refractivity (Wildman–Crippen MR) is 44.4 cm³/mol. The average molecular weight is 155 g/mol. The highest BCUT2D eigenvalue weighted by Crippen LogP contribution is 2.30. The molecule has 0 amide bonds. The number of aliphatic hydroxyl groups is 1. The zero-order valence-corrected chi connectivity index (χ0v) is 6.92. The lowest BCUT2D eigenvalue weighted by Gasteiger charge is -2.38. The van der Waals surface area contributed by atoms with Gasteiger partial charge in [0.1, 0.15) is 0 Å². The highest BCUT2D eigenvalue weighted by molar-refractivity contribution is 4.87. The fourth-order valence-corrected chi connectivity index (χ4v) is 2.48. The van der Waals surface area contributed by atoms with Crippen LogP contribution in [-0.4, -0.2) is 23.8 Å². The Bertz CT molecular complexity index is 138. The molecule has 2 aliphatic rings. The molecule has 1 aliphatic carbocycles. The molecule has 0 unspecified atom stereocenters. The van der Waals surface area contributed by atoms with Gasteiger partial charge in [0.15, 0.2) is 0 Å². The Labute approximate surface area is 68.0 Å². The fraction of sp³-hybridized carbons (Fsp3) is 1.00. The van der Waals surface area contributed by atoms with E-state index >= 15 is 0 Å². The summed E-state index contributed by atoms with van der Waals surface area (Å²) in [6.07, 6.45) is 6.37. The van der Waals surface area contributed by atoms with Gasteiger partial charge in [-0.25, -0.2) is 0 Å². The summed E-state index contributed by atoms with van der Waals surface area (Å²) < 4.78 is 0. The topological polar surface area (TPSA) is 32.3 Å². The largest absolute Gasteiger partial charge is 0.392 e. The molecule has 0 spiro atoms. The van der Waals surface area contributed by atoms with Crippen LogP contribution in [0.2, 0.25) is 0 Å². The van der Waals surface area contributed by atoms with Gasteiger partial charge in [0.05, 0.1) is 6.10 Å². The molecule has 2 rings (SSSR count). The summed E-state index contributed by atoms with van der Waals surface area (Å²) in [5, 5.41) is 12.8. The van der Waals surface area contributed by atoms with Crippen molar-refractivity contribution in [2.24, 2.45) is 5.92 Å². The van der Waals surface area contributed by atoms with Crippen LogP contribution >= 0.6 is 0 Å². The van der Waals surface area contributed by atoms with Crippen molar-refractivity contribution in [3.8, 4) is 0 Å². The van der Waals surface area contributed by atoms with Gasteiger partial charge in [0, 0.05) is 12.6 Å². The van der Waals surface area contributed by atoms with Crippen molar-refractivity contribution in [3.63, 3.8) is 0 Å². The van der Waals surface area contributed by atoms with Gasteiger partial charge in [0.25, 0.3) is 0 Å². The Morgan fingerprint density at radius 2 is 2.00 bits per heavy atom. The van der Waals surface area contributed by atoms with Crippen LogP contribution in [0.15, 0.2) is 0 Å². The van der Waals surface area contributed by atoms with E-state index in [4.69, 9.17) is 0 Å². The Morgan fingerprint density at radius 1 is 1.18 bits per heavy atom. The maximum atomic E-state index is 9.39. The van der Waals surface area contributed by atoms with Crippen molar-refractivity contribution in [1.82, 2.24) is 5.32 Å². The zero-order valence-electron chi connectivity index (χ0n) is 6.92. The number of rotatable bonds is 0. The highest BCUT2D eigenvalue weighted by atomic mass is 16.3. The minimum absolute atomic E-state index is 0.0747. The van der Waals surface area contributed by atoms with E-state index in [0.29, 0.717) is 0 Å². The molecule has 0 aromatic heterocycles. The summed E-state index contributed by atoms with van der Waals surface area (Å²) in [5.41, 5.74) is 0. The molecule has 11 heavy (non-hydrogen) atoms. The molecule has 1 saturated heterocycles. The first-order valence-electron chi connectivity index (χ1n) is 4.78. The first-order valence-corrected chi connectivity index (χ1v) is 4.78. The van der Waals surface area contributed by atoms with Crippen molar-refractivity contribution in [3.05, 3.63) is 0 Å². The number of hydrogen-bond donors (Lipinski definition) is 2. The van der Waals surface area contributed by atoms with E-state index in [-0.39, 0.29) is 6.10 Å². The molecular formula is C9H17NO. The molecule has 0 aromatic carbocycles. The minimum atomic E-state index is -0.0747. The van der Waals surface area contributed by atoms with Crippen LogP contribution in [0.4, 0.5) is 0 Å². The normalized spacial score (nSPS) is 45.0. The summed E-state index contributed by atoms with van der Waals surface area (Å²) in [6, 6.07) is 0.729. The van der Waals surface area contributed by atoms with E-state index in [1.54, 1.807) is 0 Å². The maximum Gasteiger partial charge on any atom is 0.0667 e. The monoisotopic (exact) mass is 155 g/mol. The van der Waals surface area contributed by atoms with Crippen molar-refractivity contribution in [2.75, 3.05) is 6.54 Å². The molecule has 1 saturated carbocycles. The molecule has 1 heterocycles. The van der Waals surface area contributed by atoms with E-state index in [0.717, 1.165) is 24.9 Å². The molecule has 1 aliphatic heterocycles. The second-order valence-corrected chi connectivity index (χ2v) is 3.95. The number of piperidine rings is 1. The van der Waals surface area contributed by atoms with E-state index in [2.05, 4.69) is 5.32 Å². The Hall–Kier alpha value is -0.0800. The molecule has 2 fully saturated rings. The summed E-state index contributed by atoms with van der Waals surface area (Å²) in [6.45, 7) is 0.821. The van der Waals surface area contributed by atoms with Gasteiger partial charge >= 0.3 is 0 Å². The Balaban J connectivity index is 1.93. The van der Waals surface area contributed by atoms with E-state index in [1.807, 2.05) is 0 Å². The quantitative estimate of drug-likeness (QED) is 0.544. The lowest BCUT2D eigenvalue weighted by atomic mass is 9.79. The number of fused-ring (bicyclic) bond motifs is 1. The van der Waals surface area contributed by atoms with Crippen molar-refractivity contribution >= 4 is 0 Å². The van der Waals surface area contributed by atoms with E-state index in [9.17, 15) is 5.11 Å². The van der Waals surface area contributed by atoms with Crippen LogP contribution in [0.3, 0.4) is 0 Å². The van der Waals surface area contributed by atoms with Crippen LogP contribution in [0, 0.1) is 5.92 Å². The smallest absolute Gasteiger partial charge is 0.0667 e. The standard InChI is InChI=1S/C9H17NO/c11-8-5-7-3-1-2-4-9(7)10-6-8/h7-11H,1-6H2/t7-,8-,9-/m0/s1. The third-order valence-corrected chi connectivity index (χ3v) is 3.10. The van der Waals surface area contributed by atoms with Crippen LogP contribution in [0.25, 0.3) is 0 Å². The second kappa shape index (κ2) is 3.11. The molecule has 0 bridgehead atoms. The summed E-state index contributed by atoms with van der Waals surface area (Å²) in [4.78, 5) is 0. The second-order valence-electron chi connectivity index (χ2n) is 3.95. The molecule has 2 nitrogen and oxygen atoms in total. The SMILES string of the molecule is O[C@@H]1CN[C@H]2CCCC[C@H]2C1. The number of β-amino-alcohol motifs (C(OH)–C–C–N with tert-alkyl or cyclic N) is 1. The Morgan fingerprint density at radius 3 is 2.91 bits per heavy atom. The zero-order chi connectivity index (χ0) is 7.68. The van der Waals surface area contributed by atoms with Gasteiger partial charge in [-0.3, -0.25) is 0 Å². The van der Waals surface area contributed by atoms with Gasteiger partial charge < -0.3 is 10.4 Å². The highest BCUT2D eigenvalue weighted by Gasteiger charge is 2.30. The fourth-order valence-electron chi connectivity index (χ4n) is 2.48. The molecule has 64 valence electrons. The third kappa shape index (κ3) is 1.57. The van der Waals surface area contributed by atoms with Crippen molar-refractivity contribution in [1.29, 1.82) is 0 Å². The summed E-state index contributed by atoms with van der Waals surface area (Å²) in [7, 11) is 0. The maximum absolute atomic E-state index is 9.39. The molecule has 2 N–H and O–H groups in total. The van der Waals surface area contributed by atoms with Gasteiger partial charge in [0.2, 0.25) is 0 Å². The van der Waals surface area contributed by atoms with Gasteiger partial charge in [-0.1, -0.05) is 12.8 Å². The summed E-state index contributed by atoms with van der Waals surface area (Å²) in [5.74, 6) is 0.771. The van der Waals surface area contributed by atoms with Gasteiger partial charge in [-0.2, -0.15) is 0 Å². The lowest BCUT2D eigenvalue weighted by molar-refractivity contribution is 0.0728. The van der Waals surface area contributed by atoms with Gasteiger partial charge in [-0.15, -0.1) is 0 Å².